The molecule has 1 saturated heterocycles. The summed E-state index contributed by atoms with van der Waals surface area (Å²) in [5.41, 5.74) is 5.88. The second kappa shape index (κ2) is 4.82. The van der Waals surface area contributed by atoms with Gasteiger partial charge in [-0.05, 0) is 24.1 Å². The van der Waals surface area contributed by atoms with E-state index in [-0.39, 0.29) is 24.3 Å². The van der Waals surface area contributed by atoms with Gasteiger partial charge in [-0.2, -0.15) is 0 Å². The molecule has 3 N–H and O–H groups in total. The van der Waals surface area contributed by atoms with Crippen LogP contribution in [0.3, 0.4) is 0 Å². The van der Waals surface area contributed by atoms with Crippen molar-refractivity contribution in [2.75, 3.05) is 6.54 Å². The van der Waals surface area contributed by atoms with Gasteiger partial charge < -0.3 is 5.73 Å². The lowest BCUT2D eigenvalue weighted by Crippen LogP contribution is -2.58. The Morgan fingerprint density at radius 2 is 2.00 bits per heavy atom. The summed E-state index contributed by atoms with van der Waals surface area (Å²) in [6, 6.07) is 7.50. The number of rotatable bonds is 2. The van der Waals surface area contributed by atoms with Gasteiger partial charge in [-0.15, -0.1) is 0 Å². The average Bonchev–Trinajstić information content (AvgIpc) is 2.35. The molecule has 2 atom stereocenters. The van der Waals surface area contributed by atoms with Gasteiger partial charge in [-0.25, -0.2) is 0 Å². The zero-order valence-corrected chi connectivity index (χ0v) is 11.7. The van der Waals surface area contributed by atoms with Crippen LogP contribution in [-0.2, 0) is 15.0 Å². The van der Waals surface area contributed by atoms with Gasteiger partial charge in [0.15, 0.2) is 0 Å². The lowest BCUT2D eigenvalue weighted by molar-refractivity contribution is -0.140. The zero-order valence-electron chi connectivity index (χ0n) is 10.1. The van der Waals surface area contributed by atoms with Crippen molar-refractivity contribution >= 4 is 27.7 Å². The summed E-state index contributed by atoms with van der Waals surface area (Å²) in [6.45, 7) is 2.00. The van der Waals surface area contributed by atoms with Crippen LogP contribution in [0.1, 0.15) is 18.9 Å². The van der Waals surface area contributed by atoms with Crippen molar-refractivity contribution in [3.8, 4) is 0 Å². The van der Waals surface area contributed by atoms with Crippen LogP contribution in [0, 0.1) is 5.92 Å². The van der Waals surface area contributed by atoms with Crippen LogP contribution in [0.4, 0.5) is 0 Å². The minimum atomic E-state index is -0.798. The van der Waals surface area contributed by atoms with Crippen LogP contribution < -0.4 is 11.1 Å². The summed E-state index contributed by atoms with van der Waals surface area (Å²) >= 11 is 3.36. The largest absolute Gasteiger partial charge is 0.329 e. The third-order valence-corrected chi connectivity index (χ3v) is 4.05. The van der Waals surface area contributed by atoms with E-state index in [9.17, 15) is 9.59 Å². The second-order valence-electron chi connectivity index (χ2n) is 4.72. The highest BCUT2D eigenvalue weighted by atomic mass is 79.9. The lowest BCUT2D eigenvalue weighted by Gasteiger charge is -2.37. The van der Waals surface area contributed by atoms with Gasteiger partial charge in [-0.1, -0.05) is 35.0 Å². The van der Waals surface area contributed by atoms with E-state index >= 15 is 0 Å². The number of nitrogens with two attached hydrogens (primary N) is 1. The molecule has 0 bridgehead atoms. The van der Waals surface area contributed by atoms with E-state index < -0.39 is 5.41 Å². The summed E-state index contributed by atoms with van der Waals surface area (Å²) in [5, 5.41) is 2.41. The van der Waals surface area contributed by atoms with Crippen LogP contribution >= 0.6 is 15.9 Å². The summed E-state index contributed by atoms with van der Waals surface area (Å²) < 4.78 is 0.943. The standard InChI is InChI=1S/C13H15BrN2O2/c1-8-6-13(7-15,12(18)16-11(8)17)9-2-4-10(14)5-3-9/h2-5,8H,6-7,15H2,1H3,(H,16,17,18). The molecule has 1 aromatic carbocycles. The average molecular weight is 311 g/mol. The molecule has 1 aromatic rings. The van der Waals surface area contributed by atoms with Gasteiger partial charge in [0.1, 0.15) is 0 Å². The fraction of sp³-hybridized carbons (Fsp3) is 0.385. The van der Waals surface area contributed by atoms with E-state index in [2.05, 4.69) is 21.2 Å². The summed E-state index contributed by atoms with van der Waals surface area (Å²) in [4.78, 5) is 23.7. The highest BCUT2D eigenvalue weighted by molar-refractivity contribution is 9.10. The van der Waals surface area contributed by atoms with E-state index in [1.807, 2.05) is 31.2 Å². The van der Waals surface area contributed by atoms with Gasteiger partial charge in [0, 0.05) is 16.9 Å². The van der Waals surface area contributed by atoms with E-state index in [1.54, 1.807) is 0 Å². The number of benzene rings is 1. The number of amides is 2. The van der Waals surface area contributed by atoms with Crippen LogP contribution in [-0.4, -0.2) is 18.4 Å². The number of piperidine rings is 1. The van der Waals surface area contributed by atoms with Crippen molar-refractivity contribution in [2.24, 2.45) is 11.7 Å². The Bertz CT molecular complexity index is 486. The first-order valence-electron chi connectivity index (χ1n) is 5.81. The minimum Gasteiger partial charge on any atom is -0.329 e. The minimum absolute atomic E-state index is 0.193. The van der Waals surface area contributed by atoms with Gasteiger partial charge in [-0.3, -0.25) is 14.9 Å². The Hall–Kier alpha value is -1.20. The monoisotopic (exact) mass is 310 g/mol. The number of imide groups is 1. The third-order valence-electron chi connectivity index (χ3n) is 3.52. The molecule has 0 aromatic heterocycles. The fourth-order valence-electron chi connectivity index (χ4n) is 2.37. The topological polar surface area (TPSA) is 72.2 Å². The smallest absolute Gasteiger partial charge is 0.238 e. The summed E-state index contributed by atoms with van der Waals surface area (Å²) in [6.07, 6.45) is 0.454. The van der Waals surface area contributed by atoms with Crippen molar-refractivity contribution in [2.45, 2.75) is 18.8 Å². The van der Waals surface area contributed by atoms with Crippen molar-refractivity contribution < 1.29 is 9.59 Å². The number of halogens is 1. The maximum Gasteiger partial charge on any atom is 0.238 e. The van der Waals surface area contributed by atoms with Crippen LogP contribution in [0.5, 0.6) is 0 Å². The summed E-state index contributed by atoms with van der Waals surface area (Å²) in [5.74, 6) is -0.730. The number of carbonyl (C=O) groups excluding carboxylic acids is 2. The second-order valence-corrected chi connectivity index (χ2v) is 5.63. The first-order chi connectivity index (χ1) is 8.49. The molecule has 5 heteroatoms. The molecule has 2 amide bonds. The lowest BCUT2D eigenvalue weighted by atomic mass is 9.71. The predicted octanol–water partition coefficient (Wildman–Crippen LogP) is 1.33. The molecule has 0 radical (unpaired) electrons. The van der Waals surface area contributed by atoms with Gasteiger partial charge in [0.05, 0.1) is 5.41 Å². The Morgan fingerprint density at radius 1 is 1.39 bits per heavy atom. The first kappa shape index (κ1) is 13.2. The van der Waals surface area contributed by atoms with E-state index in [4.69, 9.17) is 5.73 Å². The van der Waals surface area contributed by atoms with Crippen LogP contribution in [0.2, 0.25) is 0 Å². The predicted molar refractivity (Wildman–Crippen MR) is 71.8 cm³/mol. The quantitative estimate of drug-likeness (QED) is 0.809. The van der Waals surface area contributed by atoms with Gasteiger partial charge in [0.2, 0.25) is 11.8 Å². The van der Waals surface area contributed by atoms with Gasteiger partial charge in [0.25, 0.3) is 0 Å². The molecular formula is C13H15BrN2O2. The number of carbonyl (C=O) groups is 2. The Kier molecular flexibility index (Phi) is 3.54. The molecule has 96 valence electrons. The SMILES string of the molecule is CC1CC(CN)(c2ccc(Br)cc2)C(=O)NC1=O. The number of nitrogens with one attached hydrogen (secondary N) is 1. The molecule has 2 rings (SSSR count). The first-order valence-corrected chi connectivity index (χ1v) is 6.60. The molecule has 1 aliphatic heterocycles. The highest BCUT2D eigenvalue weighted by Crippen LogP contribution is 2.34. The molecule has 2 unspecified atom stereocenters. The Labute approximate surface area is 114 Å². The maximum absolute atomic E-state index is 12.2. The molecular weight excluding hydrogens is 296 g/mol. The molecule has 0 aliphatic carbocycles. The third kappa shape index (κ3) is 2.08. The van der Waals surface area contributed by atoms with Crippen molar-refractivity contribution in [3.63, 3.8) is 0 Å². The fourth-order valence-corrected chi connectivity index (χ4v) is 2.64. The maximum atomic E-state index is 12.2. The Balaban J connectivity index is 2.44. The number of hydrogen-bond acceptors (Lipinski definition) is 3. The molecule has 18 heavy (non-hydrogen) atoms. The molecule has 1 aliphatic rings. The van der Waals surface area contributed by atoms with E-state index in [1.165, 1.54) is 0 Å². The Morgan fingerprint density at radius 3 is 2.56 bits per heavy atom. The molecule has 0 saturated carbocycles. The molecule has 4 nitrogen and oxygen atoms in total. The van der Waals surface area contributed by atoms with E-state index in [0.29, 0.717) is 6.42 Å². The number of hydrogen-bond donors (Lipinski definition) is 2. The zero-order chi connectivity index (χ0) is 13.3. The highest BCUT2D eigenvalue weighted by Gasteiger charge is 2.46. The van der Waals surface area contributed by atoms with Gasteiger partial charge >= 0.3 is 0 Å². The van der Waals surface area contributed by atoms with Crippen molar-refractivity contribution in [3.05, 3.63) is 34.3 Å². The normalized spacial score (nSPS) is 28.1. The van der Waals surface area contributed by atoms with Crippen molar-refractivity contribution in [1.82, 2.24) is 5.32 Å². The molecule has 1 fully saturated rings. The molecule has 0 spiro atoms. The van der Waals surface area contributed by atoms with E-state index in [0.717, 1.165) is 10.0 Å². The van der Waals surface area contributed by atoms with Crippen molar-refractivity contribution in [1.29, 1.82) is 0 Å². The molecule has 1 heterocycles. The van der Waals surface area contributed by atoms with Crippen LogP contribution in [0.15, 0.2) is 28.7 Å². The van der Waals surface area contributed by atoms with Crippen LogP contribution in [0.25, 0.3) is 0 Å². The summed E-state index contributed by atoms with van der Waals surface area (Å²) in [7, 11) is 0.